The zero-order valence-electron chi connectivity index (χ0n) is 10.7. The molecule has 1 nitrogen and oxygen atoms in total. The second-order valence-electron chi connectivity index (χ2n) is 4.14. The number of benzene rings is 1. The number of ether oxygens (including phenoxy) is 1. The molecule has 1 radical (unpaired) electrons. The molecule has 0 aliphatic rings. The number of rotatable bonds is 3. The van der Waals surface area contributed by atoms with Crippen LogP contribution < -0.4 is 4.74 Å². The van der Waals surface area contributed by atoms with Crippen LogP contribution in [0.3, 0.4) is 0 Å². The van der Waals surface area contributed by atoms with Crippen molar-refractivity contribution in [2.75, 3.05) is 7.11 Å². The Labute approximate surface area is 98.5 Å². The van der Waals surface area contributed by atoms with E-state index < -0.39 is 0 Å². The molecule has 1 heteroatoms. The van der Waals surface area contributed by atoms with Crippen LogP contribution in [0.5, 0.6) is 5.75 Å². The molecule has 0 saturated carbocycles. The van der Waals surface area contributed by atoms with Gasteiger partial charge in [-0.25, -0.2) is 0 Å². The van der Waals surface area contributed by atoms with Crippen LogP contribution in [-0.2, 0) is 0 Å². The van der Waals surface area contributed by atoms with Crippen molar-refractivity contribution in [2.45, 2.75) is 27.7 Å². The molecule has 0 saturated heterocycles. The minimum atomic E-state index is 0.812. The third-order valence-corrected chi connectivity index (χ3v) is 2.84. The van der Waals surface area contributed by atoms with Gasteiger partial charge < -0.3 is 4.74 Å². The maximum atomic E-state index is 5.64. The van der Waals surface area contributed by atoms with Crippen LogP contribution in [0.4, 0.5) is 0 Å². The average molecular weight is 215 g/mol. The van der Waals surface area contributed by atoms with Crippen molar-refractivity contribution in [1.82, 2.24) is 0 Å². The lowest BCUT2D eigenvalue weighted by atomic mass is 9.96. The Bertz CT molecular complexity index is 439. The van der Waals surface area contributed by atoms with Gasteiger partial charge >= 0.3 is 0 Å². The Morgan fingerprint density at radius 3 is 2.38 bits per heavy atom. The summed E-state index contributed by atoms with van der Waals surface area (Å²) in [4.78, 5) is 0. The smallest absolute Gasteiger partial charge is 0.122 e. The van der Waals surface area contributed by atoms with Gasteiger partial charge in [-0.1, -0.05) is 24.3 Å². The van der Waals surface area contributed by atoms with Crippen molar-refractivity contribution in [3.63, 3.8) is 0 Å². The molecule has 1 rings (SSSR count). The number of hydrogen-bond donors (Lipinski definition) is 0. The van der Waals surface area contributed by atoms with Gasteiger partial charge in [-0.05, 0) is 56.0 Å². The van der Waals surface area contributed by atoms with Gasteiger partial charge in [0.05, 0.1) is 7.11 Å². The molecule has 0 fully saturated rings. The van der Waals surface area contributed by atoms with E-state index in [2.05, 4.69) is 32.9 Å². The SMILES string of the molecule is [CH]=C(C)/C=C/c1c(C)cc(OC)c(C)c1C. The van der Waals surface area contributed by atoms with E-state index >= 15 is 0 Å². The maximum Gasteiger partial charge on any atom is 0.122 e. The van der Waals surface area contributed by atoms with E-state index in [9.17, 15) is 0 Å². The summed E-state index contributed by atoms with van der Waals surface area (Å²) in [5, 5.41) is 0. The molecule has 0 spiro atoms. The molecule has 0 amide bonds. The van der Waals surface area contributed by atoms with Crippen molar-refractivity contribution in [1.29, 1.82) is 0 Å². The Kier molecular flexibility index (Phi) is 3.94. The van der Waals surface area contributed by atoms with Gasteiger partial charge in [0.25, 0.3) is 0 Å². The number of hydrogen-bond acceptors (Lipinski definition) is 1. The molecule has 0 bridgehead atoms. The summed E-state index contributed by atoms with van der Waals surface area (Å²) in [6.45, 7) is 13.8. The Hall–Kier alpha value is -1.50. The van der Waals surface area contributed by atoms with Gasteiger partial charge in [-0.15, -0.1) is 0 Å². The van der Waals surface area contributed by atoms with Crippen LogP contribution in [0.2, 0.25) is 0 Å². The van der Waals surface area contributed by atoms with Crippen LogP contribution in [0.1, 0.15) is 29.2 Å². The summed E-state index contributed by atoms with van der Waals surface area (Å²) in [5.41, 5.74) is 5.67. The highest BCUT2D eigenvalue weighted by molar-refractivity contribution is 5.63. The molecule has 0 aliphatic carbocycles. The summed E-state index contributed by atoms with van der Waals surface area (Å²) in [6, 6.07) is 2.06. The molecule has 16 heavy (non-hydrogen) atoms. The normalized spacial score (nSPS) is 10.8. The first-order valence-corrected chi connectivity index (χ1v) is 5.39. The molecule has 0 atom stereocenters. The zero-order chi connectivity index (χ0) is 12.3. The first-order chi connectivity index (χ1) is 7.47. The molecule has 0 aliphatic heterocycles. The number of aryl methyl sites for hydroxylation is 1. The third-order valence-electron chi connectivity index (χ3n) is 2.84. The van der Waals surface area contributed by atoms with Crippen LogP contribution in [0.15, 0.2) is 17.7 Å². The lowest BCUT2D eigenvalue weighted by Gasteiger charge is -2.13. The molecule has 85 valence electrons. The molecule has 0 N–H and O–H groups in total. The molecule has 1 aromatic carbocycles. The van der Waals surface area contributed by atoms with Crippen molar-refractivity contribution in [3.05, 3.63) is 46.5 Å². The summed E-state index contributed by atoms with van der Waals surface area (Å²) in [7, 11) is 1.70. The van der Waals surface area contributed by atoms with Crippen LogP contribution in [-0.4, -0.2) is 7.11 Å². The highest BCUT2D eigenvalue weighted by Crippen LogP contribution is 2.28. The summed E-state index contributed by atoms with van der Waals surface area (Å²) in [5.74, 6) is 0.945. The Balaban J connectivity index is 3.30. The van der Waals surface area contributed by atoms with Crippen LogP contribution in [0.25, 0.3) is 6.08 Å². The highest BCUT2D eigenvalue weighted by atomic mass is 16.5. The highest BCUT2D eigenvalue weighted by Gasteiger charge is 2.08. The predicted octanol–water partition coefficient (Wildman–Crippen LogP) is 4.01. The van der Waals surface area contributed by atoms with E-state index in [-0.39, 0.29) is 0 Å². The number of allylic oxidation sites excluding steroid dienone is 2. The Morgan fingerprint density at radius 2 is 1.88 bits per heavy atom. The second-order valence-corrected chi connectivity index (χ2v) is 4.14. The van der Waals surface area contributed by atoms with E-state index in [1.807, 2.05) is 13.0 Å². The fraction of sp³-hybridized carbons (Fsp3) is 0.333. The fourth-order valence-electron chi connectivity index (χ4n) is 1.75. The molecule has 0 aromatic heterocycles. The number of methoxy groups -OCH3 is 1. The Morgan fingerprint density at radius 1 is 1.25 bits per heavy atom. The van der Waals surface area contributed by atoms with Crippen LogP contribution >= 0.6 is 0 Å². The third kappa shape index (κ3) is 2.54. The van der Waals surface area contributed by atoms with E-state index in [1.165, 1.54) is 22.3 Å². The standard InChI is InChI=1S/C15H19O/c1-10(2)7-8-14-11(3)9-15(16-6)13(5)12(14)4/h1,7-9H,2-6H3/b8-7+,10-1?. The van der Waals surface area contributed by atoms with E-state index in [0.717, 1.165) is 11.3 Å². The van der Waals surface area contributed by atoms with Crippen molar-refractivity contribution in [2.24, 2.45) is 0 Å². The van der Waals surface area contributed by atoms with E-state index in [0.29, 0.717) is 0 Å². The second kappa shape index (κ2) is 5.02. The lowest BCUT2D eigenvalue weighted by Crippen LogP contribution is -1.95. The molecule has 0 heterocycles. The van der Waals surface area contributed by atoms with Gasteiger partial charge in [-0.3, -0.25) is 0 Å². The largest absolute Gasteiger partial charge is 0.496 e. The molecule has 1 aromatic rings. The molecular weight excluding hydrogens is 196 g/mol. The first kappa shape index (κ1) is 12.6. The van der Waals surface area contributed by atoms with Crippen molar-refractivity contribution >= 4 is 6.08 Å². The quantitative estimate of drug-likeness (QED) is 0.692. The lowest BCUT2D eigenvalue weighted by molar-refractivity contribution is 0.411. The average Bonchev–Trinajstić information content (AvgIpc) is 2.22. The molecular formula is C15H19O. The van der Waals surface area contributed by atoms with Crippen molar-refractivity contribution < 1.29 is 4.74 Å². The molecule has 0 unspecified atom stereocenters. The predicted molar refractivity (Wildman–Crippen MR) is 69.7 cm³/mol. The van der Waals surface area contributed by atoms with Crippen molar-refractivity contribution in [3.8, 4) is 5.75 Å². The van der Waals surface area contributed by atoms with E-state index in [1.54, 1.807) is 7.11 Å². The van der Waals surface area contributed by atoms with Gasteiger partial charge in [-0.2, -0.15) is 0 Å². The van der Waals surface area contributed by atoms with Crippen LogP contribution in [0, 0.1) is 27.4 Å². The summed E-state index contributed by atoms with van der Waals surface area (Å²) >= 11 is 0. The fourth-order valence-corrected chi connectivity index (χ4v) is 1.75. The van der Waals surface area contributed by atoms with Gasteiger partial charge in [0.1, 0.15) is 5.75 Å². The minimum Gasteiger partial charge on any atom is -0.496 e. The van der Waals surface area contributed by atoms with Gasteiger partial charge in [0.2, 0.25) is 0 Å². The maximum absolute atomic E-state index is 5.64. The van der Waals surface area contributed by atoms with Gasteiger partial charge in [0, 0.05) is 0 Å². The zero-order valence-corrected chi connectivity index (χ0v) is 10.7. The summed E-state index contributed by atoms with van der Waals surface area (Å²) in [6.07, 6.45) is 3.99. The summed E-state index contributed by atoms with van der Waals surface area (Å²) < 4.78 is 5.33. The first-order valence-electron chi connectivity index (χ1n) is 5.39. The minimum absolute atomic E-state index is 0.812. The monoisotopic (exact) mass is 215 g/mol. The van der Waals surface area contributed by atoms with Gasteiger partial charge in [0.15, 0.2) is 0 Å². The topological polar surface area (TPSA) is 9.23 Å². The van der Waals surface area contributed by atoms with E-state index in [4.69, 9.17) is 11.3 Å².